The zero-order chi connectivity index (χ0) is 10.9. The minimum atomic E-state index is 0.398. The second kappa shape index (κ2) is 7.09. The second-order valence-corrected chi connectivity index (χ2v) is 3.95. The van der Waals surface area contributed by atoms with Crippen LogP contribution >= 0.6 is 11.3 Å². The standard InChI is InChI=1S/C12H14N2S/c13-9-3-1-2-5-11-7-8-12(15-11)6-4-10-14/h7-8H,1,3,9-10,13-14H2. The summed E-state index contributed by atoms with van der Waals surface area (Å²) in [5.74, 6) is 12.0. The molecule has 3 heteroatoms. The van der Waals surface area contributed by atoms with Crippen LogP contribution in [0.2, 0.25) is 0 Å². The van der Waals surface area contributed by atoms with Crippen LogP contribution in [0, 0.1) is 23.7 Å². The van der Waals surface area contributed by atoms with Gasteiger partial charge in [-0.3, -0.25) is 0 Å². The lowest BCUT2D eigenvalue weighted by Crippen LogP contribution is -1.96. The van der Waals surface area contributed by atoms with Gasteiger partial charge in [0.05, 0.1) is 16.3 Å². The van der Waals surface area contributed by atoms with Crippen molar-refractivity contribution in [1.29, 1.82) is 0 Å². The molecule has 2 nitrogen and oxygen atoms in total. The van der Waals surface area contributed by atoms with E-state index < -0.39 is 0 Å². The monoisotopic (exact) mass is 218 g/mol. The third-order valence-electron chi connectivity index (χ3n) is 1.64. The van der Waals surface area contributed by atoms with Gasteiger partial charge in [0.2, 0.25) is 0 Å². The number of rotatable bonds is 2. The van der Waals surface area contributed by atoms with E-state index in [1.54, 1.807) is 11.3 Å². The van der Waals surface area contributed by atoms with Crippen molar-refractivity contribution < 1.29 is 0 Å². The van der Waals surface area contributed by atoms with E-state index in [0.29, 0.717) is 13.1 Å². The first-order chi connectivity index (χ1) is 7.36. The number of thiophene rings is 1. The highest BCUT2D eigenvalue weighted by Gasteiger charge is 1.92. The number of hydrogen-bond donors (Lipinski definition) is 2. The molecule has 0 spiro atoms. The molecule has 0 atom stereocenters. The van der Waals surface area contributed by atoms with Gasteiger partial charge in [0.15, 0.2) is 0 Å². The van der Waals surface area contributed by atoms with Crippen molar-refractivity contribution in [2.75, 3.05) is 13.1 Å². The zero-order valence-corrected chi connectivity index (χ0v) is 9.36. The van der Waals surface area contributed by atoms with Gasteiger partial charge in [-0.05, 0) is 25.1 Å². The molecule has 0 bridgehead atoms. The van der Waals surface area contributed by atoms with Gasteiger partial charge in [-0.1, -0.05) is 23.7 Å². The van der Waals surface area contributed by atoms with Crippen molar-refractivity contribution in [3.63, 3.8) is 0 Å². The molecule has 0 radical (unpaired) electrons. The van der Waals surface area contributed by atoms with Gasteiger partial charge in [-0.15, -0.1) is 11.3 Å². The number of unbranched alkanes of at least 4 members (excludes halogenated alkanes) is 1. The van der Waals surface area contributed by atoms with Crippen molar-refractivity contribution in [3.8, 4) is 23.7 Å². The molecule has 78 valence electrons. The maximum Gasteiger partial charge on any atom is 0.0782 e. The Labute approximate surface area is 94.7 Å². The molecular formula is C12H14N2S. The highest BCUT2D eigenvalue weighted by atomic mass is 32.1. The first-order valence-electron chi connectivity index (χ1n) is 4.84. The van der Waals surface area contributed by atoms with E-state index in [1.807, 2.05) is 12.1 Å². The van der Waals surface area contributed by atoms with Crippen molar-refractivity contribution in [3.05, 3.63) is 21.9 Å². The summed E-state index contributed by atoms with van der Waals surface area (Å²) in [5, 5.41) is 0. The predicted molar refractivity (Wildman–Crippen MR) is 65.4 cm³/mol. The molecule has 1 rings (SSSR count). The average Bonchev–Trinajstić information content (AvgIpc) is 2.69. The Bertz CT molecular complexity index is 412. The van der Waals surface area contributed by atoms with Crippen LogP contribution in [0.5, 0.6) is 0 Å². The molecule has 15 heavy (non-hydrogen) atoms. The first-order valence-corrected chi connectivity index (χ1v) is 5.66. The molecule has 0 unspecified atom stereocenters. The summed E-state index contributed by atoms with van der Waals surface area (Å²) in [5.41, 5.74) is 10.7. The summed E-state index contributed by atoms with van der Waals surface area (Å²) in [7, 11) is 0. The fourth-order valence-corrected chi connectivity index (χ4v) is 1.71. The first kappa shape index (κ1) is 11.8. The summed E-state index contributed by atoms with van der Waals surface area (Å²) >= 11 is 1.60. The van der Waals surface area contributed by atoms with E-state index in [0.717, 1.165) is 22.6 Å². The topological polar surface area (TPSA) is 52.0 Å². The van der Waals surface area contributed by atoms with Crippen LogP contribution in [0.3, 0.4) is 0 Å². The molecule has 0 aromatic carbocycles. The molecule has 1 aromatic heterocycles. The third-order valence-corrected chi connectivity index (χ3v) is 2.55. The fraction of sp³-hybridized carbons (Fsp3) is 0.333. The van der Waals surface area contributed by atoms with Gasteiger partial charge >= 0.3 is 0 Å². The molecule has 0 aliphatic heterocycles. The normalized spacial score (nSPS) is 8.67. The van der Waals surface area contributed by atoms with Gasteiger partial charge in [-0.2, -0.15) is 0 Å². The molecule has 0 saturated heterocycles. The zero-order valence-electron chi connectivity index (χ0n) is 8.55. The minimum absolute atomic E-state index is 0.398. The van der Waals surface area contributed by atoms with Crippen LogP contribution in [0.25, 0.3) is 0 Å². The van der Waals surface area contributed by atoms with Crippen LogP contribution in [-0.2, 0) is 0 Å². The Morgan fingerprint density at radius 2 is 1.73 bits per heavy atom. The summed E-state index contributed by atoms with van der Waals surface area (Å²) in [4.78, 5) is 2.07. The largest absolute Gasteiger partial charge is 0.330 e. The molecule has 0 aliphatic rings. The molecular weight excluding hydrogens is 204 g/mol. The third kappa shape index (κ3) is 4.67. The van der Waals surface area contributed by atoms with Gasteiger partial charge in [0.1, 0.15) is 0 Å². The van der Waals surface area contributed by atoms with E-state index >= 15 is 0 Å². The number of hydrogen-bond acceptors (Lipinski definition) is 3. The highest BCUT2D eigenvalue weighted by Crippen LogP contribution is 2.13. The van der Waals surface area contributed by atoms with Crippen LogP contribution < -0.4 is 11.5 Å². The van der Waals surface area contributed by atoms with Crippen molar-refractivity contribution in [1.82, 2.24) is 0 Å². The quantitative estimate of drug-likeness (QED) is 0.578. The Balaban J connectivity index is 2.55. The number of nitrogens with two attached hydrogens (primary N) is 2. The Morgan fingerprint density at radius 1 is 1.07 bits per heavy atom. The van der Waals surface area contributed by atoms with E-state index in [-0.39, 0.29) is 0 Å². The fourth-order valence-electron chi connectivity index (χ4n) is 0.950. The van der Waals surface area contributed by atoms with Crippen molar-refractivity contribution in [2.24, 2.45) is 11.5 Å². The van der Waals surface area contributed by atoms with Crippen molar-refractivity contribution in [2.45, 2.75) is 12.8 Å². The maximum atomic E-state index is 5.37. The summed E-state index contributed by atoms with van der Waals surface area (Å²) in [6, 6.07) is 3.96. The molecule has 1 heterocycles. The smallest absolute Gasteiger partial charge is 0.0782 e. The molecule has 1 aromatic rings. The van der Waals surface area contributed by atoms with Crippen LogP contribution in [0.1, 0.15) is 22.6 Å². The van der Waals surface area contributed by atoms with E-state index in [4.69, 9.17) is 11.5 Å². The maximum absolute atomic E-state index is 5.37. The van der Waals surface area contributed by atoms with Gasteiger partial charge < -0.3 is 11.5 Å². The van der Waals surface area contributed by atoms with Crippen LogP contribution in [-0.4, -0.2) is 13.1 Å². The van der Waals surface area contributed by atoms with Gasteiger partial charge in [-0.25, -0.2) is 0 Å². The molecule has 0 saturated carbocycles. The minimum Gasteiger partial charge on any atom is -0.330 e. The summed E-state index contributed by atoms with van der Waals surface area (Å²) in [6.07, 6.45) is 1.82. The van der Waals surface area contributed by atoms with Crippen LogP contribution in [0.15, 0.2) is 12.1 Å². The highest BCUT2D eigenvalue weighted by molar-refractivity contribution is 7.13. The predicted octanol–water partition coefficient (Wildman–Crippen LogP) is 1.15. The Hall–Kier alpha value is -1.26. The SMILES string of the molecule is NCC#Cc1ccc(C#CCCCN)s1. The van der Waals surface area contributed by atoms with Crippen LogP contribution in [0.4, 0.5) is 0 Å². The molecule has 0 amide bonds. The summed E-state index contributed by atoms with van der Waals surface area (Å²) in [6.45, 7) is 1.10. The molecule has 0 aliphatic carbocycles. The second-order valence-electron chi connectivity index (χ2n) is 2.86. The Morgan fingerprint density at radius 3 is 2.33 bits per heavy atom. The molecule has 0 fully saturated rings. The Kier molecular flexibility index (Phi) is 5.58. The van der Waals surface area contributed by atoms with Gasteiger partial charge in [0, 0.05) is 6.42 Å². The molecule has 4 N–H and O–H groups in total. The average molecular weight is 218 g/mol. The van der Waals surface area contributed by atoms with Crippen molar-refractivity contribution >= 4 is 11.3 Å². The lowest BCUT2D eigenvalue weighted by molar-refractivity contribution is 0.870. The van der Waals surface area contributed by atoms with E-state index in [2.05, 4.69) is 23.7 Å². The van der Waals surface area contributed by atoms with E-state index in [9.17, 15) is 0 Å². The summed E-state index contributed by atoms with van der Waals surface area (Å²) < 4.78 is 0. The van der Waals surface area contributed by atoms with E-state index in [1.165, 1.54) is 0 Å². The van der Waals surface area contributed by atoms with Gasteiger partial charge in [0.25, 0.3) is 0 Å². The lowest BCUT2D eigenvalue weighted by Gasteiger charge is -1.83. The lowest BCUT2D eigenvalue weighted by atomic mass is 10.3.